The van der Waals surface area contributed by atoms with Crippen LogP contribution in [0.25, 0.3) is 0 Å². The Labute approximate surface area is 140 Å². The summed E-state index contributed by atoms with van der Waals surface area (Å²) in [7, 11) is 0. The molecule has 3 unspecified atom stereocenters. The van der Waals surface area contributed by atoms with Crippen LogP contribution >= 0.6 is 0 Å². The molecule has 2 aliphatic carbocycles. The van der Waals surface area contributed by atoms with Crippen LogP contribution in [0.2, 0.25) is 0 Å². The molecule has 4 heteroatoms. The van der Waals surface area contributed by atoms with E-state index in [1.54, 1.807) is 0 Å². The lowest BCUT2D eigenvalue weighted by Gasteiger charge is -2.36. The highest BCUT2D eigenvalue weighted by Gasteiger charge is 2.33. The molecule has 0 aliphatic heterocycles. The number of esters is 2. The van der Waals surface area contributed by atoms with Crippen molar-refractivity contribution in [3.63, 3.8) is 0 Å². The summed E-state index contributed by atoms with van der Waals surface area (Å²) in [6.07, 6.45) is 8.35. The van der Waals surface area contributed by atoms with Crippen LogP contribution in [0, 0.1) is 23.7 Å². The molecule has 0 radical (unpaired) electrons. The zero-order valence-corrected chi connectivity index (χ0v) is 14.9. The fraction of sp³-hybridized carbons (Fsp3) is 0.895. The van der Waals surface area contributed by atoms with Gasteiger partial charge in [0.1, 0.15) is 6.10 Å². The van der Waals surface area contributed by atoms with Crippen LogP contribution in [0.15, 0.2) is 0 Å². The van der Waals surface area contributed by atoms with Gasteiger partial charge in [0.15, 0.2) is 6.61 Å². The number of hydrogen-bond donors (Lipinski definition) is 0. The number of carbonyl (C=O) groups excluding carboxylic acids is 2. The van der Waals surface area contributed by atoms with Crippen LogP contribution in [0.4, 0.5) is 0 Å². The van der Waals surface area contributed by atoms with E-state index >= 15 is 0 Å². The van der Waals surface area contributed by atoms with Crippen LogP contribution < -0.4 is 0 Å². The molecule has 0 saturated heterocycles. The van der Waals surface area contributed by atoms with Crippen molar-refractivity contribution in [3.8, 4) is 0 Å². The van der Waals surface area contributed by atoms with E-state index in [9.17, 15) is 9.59 Å². The number of carbonyl (C=O) groups is 2. The second kappa shape index (κ2) is 8.70. The highest BCUT2D eigenvalue weighted by Crippen LogP contribution is 2.35. The topological polar surface area (TPSA) is 52.6 Å². The molecule has 0 spiro atoms. The first kappa shape index (κ1) is 18.3. The van der Waals surface area contributed by atoms with Gasteiger partial charge in [-0.05, 0) is 43.4 Å². The van der Waals surface area contributed by atoms with Crippen LogP contribution in [-0.2, 0) is 19.1 Å². The van der Waals surface area contributed by atoms with Crippen LogP contribution in [0.1, 0.15) is 72.1 Å². The van der Waals surface area contributed by atoms with Gasteiger partial charge >= 0.3 is 11.9 Å². The van der Waals surface area contributed by atoms with Crippen LogP contribution in [-0.4, -0.2) is 24.6 Å². The molecular formula is C19H32O4. The van der Waals surface area contributed by atoms with E-state index in [1.807, 2.05) is 0 Å². The molecular weight excluding hydrogens is 292 g/mol. The molecule has 0 heterocycles. The second-order valence-corrected chi connectivity index (χ2v) is 7.80. The van der Waals surface area contributed by atoms with Gasteiger partial charge in [0, 0.05) is 0 Å². The van der Waals surface area contributed by atoms with Gasteiger partial charge < -0.3 is 9.47 Å². The van der Waals surface area contributed by atoms with Crippen molar-refractivity contribution in [2.24, 2.45) is 23.7 Å². The predicted molar refractivity (Wildman–Crippen MR) is 88.8 cm³/mol. The van der Waals surface area contributed by atoms with E-state index in [-0.39, 0.29) is 30.6 Å². The minimum absolute atomic E-state index is 0.0188. The molecule has 2 rings (SSSR count). The Balaban J connectivity index is 1.77. The lowest BCUT2D eigenvalue weighted by molar-refractivity contribution is -0.169. The summed E-state index contributed by atoms with van der Waals surface area (Å²) in [4.78, 5) is 24.1. The molecule has 2 aliphatic rings. The van der Waals surface area contributed by atoms with E-state index in [1.165, 1.54) is 12.8 Å². The summed E-state index contributed by atoms with van der Waals surface area (Å²) >= 11 is 0. The minimum atomic E-state index is -0.390. The zero-order valence-electron chi connectivity index (χ0n) is 14.9. The summed E-state index contributed by atoms with van der Waals surface area (Å²) in [6, 6.07) is 0. The van der Waals surface area contributed by atoms with E-state index in [4.69, 9.17) is 9.47 Å². The SMILES string of the molecule is CC1CCC(C(C)C)C(OC(=O)COC(=O)C2CCCCC2)C1. The Morgan fingerprint density at radius 2 is 1.74 bits per heavy atom. The standard InChI is InChI=1S/C19H32O4/c1-13(2)16-10-9-14(3)11-17(16)23-18(20)12-22-19(21)15-7-5-4-6-8-15/h13-17H,4-12H2,1-3H3. The van der Waals surface area contributed by atoms with Gasteiger partial charge in [-0.1, -0.05) is 46.5 Å². The maximum absolute atomic E-state index is 12.1. The predicted octanol–water partition coefficient (Wildman–Crippen LogP) is 4.11. The summed E-state index contributed by atoms with van der Waals surface area (Å²) in [5.74, 6) is 0.884. The van der Waals surface area contributed by atoms with Gasteiger partial charge in [0.25, 0.3) is 0 Å². The maximum Gasteiger partial charge on any atom is 0.344 e. The monoisotopic (exact) mass is 324 g/mol. The van der Waals surface area contributed by atoms with Gasteiger partial charge in [-0.25, -0.2) is 4.79 Å². The van der Waals surface area contributed by atoms with E-state index in [0.29, 0.717) is 17.8 Å². The summed E-state index contributed by atoms with van der Waals surface area (Å²) in [5.41, 5.74) is 0. The quantitative estimate of drug-likeness (QED) is 0.714. The van der Waals surface area contributed by atoms with Crippen molar-refractivity contribution in [1.82, 2.24) is 0 Å². The van der Waals surface area contributed by atoms with E-state index in [0.717, 1.165) is 38.5 Å². The van der Waals surface area contributed by atoms with Crippen molar-refractivity contribution in [2.75, 3.05) is 6.61 Å². The smallest absolute Gasteiger partial charge is 0.344 e. The van der Waals surface area contributed by atoms with Crippen LogP contribution in [0.5, 0.6) is 0 Å². The average Bonchev–Trinajstić information content (AvgIpc) is 2.53. The largest absolute Gasteiger partial charge is 0.460 e. The Bertz CT molecular complexity index is 398. The third-order valence-electron chi connectivity index (χ3n) is 5.51. The Hall–Kier alpha value is -1.06. The molecule has 0 amide bonds. The number of rotatable bonds is 5. The minimum Gasteiger partial charge on any atom is -0.460 e. The van der Waals surface area contributed by atoms with Gasteiger partial charge in [0.05, 0.1) is 5.92 Å². The van der Waals surface area contributed by atoms with Crippen molar-refractivity contribution >= 4 is 11.9 Å². The Morgan fingerprint density at radius 1 is 1.04 bits per heavy atom. The molecule has 0 aromatic rings. The first-order valence-corrected chi connectivity index (χ1v) is 9.33. The molecule has 0 bridgehead atoms. The first-order chi connectivity index (χ1) is 11.0. The third-order valence-corrected chi connectivity index (χ3v) is 5.51. The van der Waals surface area contributed by atoms with Crippen molar-refractivity contribution in [3.05, 3.63) is 0 Å². The highest BCUT2D eigenvalue weighted by atomic mass is 16.6. The van der Waals surface area contributed by atoms with Gasteiger partial charge in [-0.15, -0.1) is 0 Å². The normalized spacial score (nSPS) is 29.3. The molecule has 0 aromatic carbocycles. The van der Waals surface area contributed by atoms with Crippen LogP contribution in [0.3, 0.4) is 0 Å². The van der Waals surface area contributed by atoms with Crippen molar-refractivity contribution in [2.45, 2.75) is 78.2 Å². The molecule has 2 saturated carbocycles. The van der Waals surface area contributed by atoms with Crippen molar-refractivity contribution < 1.29 is 19.1 Å². The molecule has 132 valence electrons. The van der Waals surface area contributed by atoms with Crippen molar-refractivity contribution in [1.29, 1.82) is 0 Å². The second-order valence-electron chi connectivity index (χ2n) is 7.80. The molecule has 2 fully saturated rings. The van der Waals surface area contributed by atoms with Gasteiger partial charge in [-0.3, -0.25) is 4.79 Å². The molecule has 3 atom stereocenters. The first-order valence-electron chi connectivity index (χ1n) is 9.33. The fourth-order valence-corrected chi connectivity index (χ4v) is 4.04. The zero-order chi connectivity index (χ0) is 16.8. The average molecular weight is 324 g/mol. The number of hydrogen-bond acceptors (Lipinski definition) is 4. The highest BCUT2D eigenvalue weighted by molar-refractivity contribution is 5.77. The van der Waals surface area contributed by atoms with Gasteiger partial charge in [0.2, 0.25) is 0 Å². The lowest BCUT2D eigenvalue weighted by Crippen LogP contribution is -2.37. The molecule has 0 aromatic heterocycles. The number of ether oxygens (including phenoxy) is 2. The fourth-order valence-electron chi connectivity index (χ4n) is 4.04. The molecule has 0 N–H and O–H groups in total. The maximum atomic E-state index is 12.1. The Morgan fingerprint density at radius 3 is 2.39 bits per heavy atom. The van der Waals surface area contributed by atoms with E-state index in [2.05, 4.69) is 20.8 Å². The summed E-state index contributed by atoms with van der Waals surface area (Å²) in [6.45, 7) is 6.35. The molecule has 4 nitrogen and oxygen atoms in total. The summed E-state index contributed by atoms with van der Waals surface area (Å²) in [5, 5.41) is 0. The van der Waals surface area contributed by atoms with Gasteiger partial charge in [-0.2, -0.15) is 0 Å². The lowest BCUT2D eigenvalue weighted by atomic mass is 9.75. The molecule has 23 heavy (non-hydrogen) atoms. The third kappa shape index (κ3) is 5.50. The summed E-state index contributed by atoms with van der Waals surface area (Å²) < 4.78 is 10.9. The Kier molecular flexibility index (Phi) is 6.91. The van der Waals surface area contributed by atoms with E-state index < -0.39 is 0 Å².